The summed E-state index contributed by atoms with van der Waals surface area (Å²) in [6.45, 7) is 6.43. The maximum atomic E-state index is 13.9. The Kier molecular flexibility index (Phi) is 7.77. The molecule has 0 saturated carbocycles. The van der Waals surface area contributed by atoms with Gasteiger partial charge in [-0.3, -0.25) is 5.41 Å². The largest absolute Gasteiger partial charge is 0.462 e. The van der Waals surface area contributed by atoms with E-state index >= 15 is 0 Å². The number of halogens is 3. The molecule has 42 heavy (non-hydrogen) atoms. The highest BCUT2D eigenvalue weighted by molar-refractivity contribution is 5.81. The fourth-order valence-corrected chi connectivity index (χ4v) is 4.22. The zero-order chi connectivity index (χ0) is 30.2. The van der Waals surface area contributed by atoms with Gasteiger partial charge < -0.3 is 29.9 Å². The van der Waals surface area contributed by atoms with Crippen LogP contribution in [0.1, 0.15) is 11.3 Å². The Labute approximate surface area is 234 Å². The van der Waals surface area contributed by atoms with Crippen LogP contribution in [0.5, 0.6) is 5.75 Å². The maximum Gasteiger partial charge on any atom is 0.436 e. The van der Waals surface area contributed by atoms with E-state index in [1.54, 1.807) is 0 Å². The molecule has 2 aromatic heterocycles. The van der Waals surface area contributed by atoms with Gasteiger partial charge >= 0.3 is 6.18 Å². The normalized spacial score (nSPS) is 22.9. The number of nitrogens with one attached hydrogen (secondary N) is 1. The number of aliphatic hydroxyl groups excluding tert-OH is 4. The van der Waals surface area contributed by atoms with Crippen molar-refractivity contribution in [3.8, 4) is 11.4 Å². The van der Waals surface area contributed by atoms with Gasteiger partial charge in [0.05, 0.1) is 30.5 Å². The van der Waals surface area contributed by atoms with Gasteiger partial charge in [0.2, 0.25) is 6.29 Å². The molecule has 0 spiro atoms. The SMILES string of the molecule is [C-]#[N+]c1ccc(-n2nc(C(F)(F)F)c3c(=N)n(/N=C/c4ccc(OC5OC(CO)C(O)C(O)C5O)cc4)cnc32)cc1. The Morgan fingerprint density at radius 1 is 1.07 bits per heavy atom. The predicted octanol–water partition coefficient (Wildman–Crippen LogP) is 1.33. The minimum Gasteiger partial charge on any atom is -0.462 e. The van der Waals surface area contributed by atoms with Crippen molar-refractivity contribution < 1.29 is 43.1 Å². The van der Waals surface area contributed by atoms with E-state index in [-0.39, 0.29) is 17.1 Å². The molecule has 1 aliphatic heterocycles. The van der Waals surface area contributed by atoms with Gasteiger partial charge in [-0.25, -0.2) is 19.2 Å². The average Bonchev–Trinajstić information content (AvgIpc) is 3.39. The highest BCUT2D eigenvalue weighted by Crippen LogP contribution is 2.33. The lowest BCUT2D eigenvalue weighted by atomic mass is 9.99. The second-order valence-electron chi connectivity index (χ2n) is 9.15. The Morgan fingerprint density at radius 3 is 2.38 bits per heavy atom. The third kappa shape index (κ3) is 5.46. The average molecular weight is 585 g/mol. The van der Waals surface area contributed by atoms with Gasteiger partial charge in [-0.2, -0.15) is 23.4 Å². The summed E-state index contributed by atoms with van der Waals surface area (Å²) in [4.78, 5) is 7.33. The van der Waals surface area contributed by atoms with Crippen molar-refractivity contribution in [2.24, 2.45) is 5.10 Å². The Balaban J connectivity index is 1.40. The summed E-state index contributed by atoms with van der Waals surface area (Å²) in [7, 11) is 0. The molecule has 5 N–H and O–H groups in total. The third-order valence-electron chi connectivity index (χ3n) is 6.42. The summed E-state index contributed by atoms with van der Waals surface area (Å²) in [5.74, 6) is 0.195. The van der Waals surface area contributed by atoms with Crippen molar-refractivity contribution in [3.63, 3.8) is 0 Å². The second kappa shape index (κ2) is 11.3. The van der Waals surface area contributed by atoms with Gasteiger partial charge in [-0.15, -0.1) is 0 Å². The zero-order valence-electron chi connectivity index (χ0n) is 21.3. The van der Waals surface area contributed by atoms with Gasteiger partial charge in [0, 0.05) is 0 Å². The van der Waals surface area contributed by atoms with Crippen molar-refractivity contribution in [3.05, 3.63) is 83.0 Å². The molecular formula is C26H22F3N7O6. The van der Waals surface area contributed by atoms with Crippen LogP contribution in [0.4, 0.5) is 18.9 Å². The highest BCUT2D eigenvalue weighted by Gasteiger charge is 2.44. The molecule has 0 amide bonds. The molecule has 0 bridgehead atoms. The second-order valence-corrected chi connectivity index (χ2v) is 9.15. The molecule has 1 saturated heterocycles. The number of alkyl halides is 3. The zero-order valence-corrected chi connectivity index (χ0v) is 21.3. The van der Waals surface area contributed by atoms with E-state index in [1.807, 2.05) is 0 Å². The molecule has 1 fully saturated rings. The number of fused-ring (bicyclic) bond motifs is 1. The maximum absolute atomic E-state index is 13.9. The summed E-state index contributed by atoms with van der Waals surface area (Å²) >= 11 is 0. The lowest BCUT2D eigenvalue weighted by molar-refractivity contribution is -0.277. The first-order valence-corrected chi connectivity index (χ1v) is 12.2. The van der Waals surface area contributed by atoms with E-state index in [4.69, 9.17) is 21.5 Å². The van der Waals surface area contributed by atoms with Crippen molar-refractivity contribution in [2.45, 2.75) is 36.9 Å². The number of nitrogens with zero attached hydrogens (tertiary/aromatic N) is 6. The summed E-state index contributed by atoms with van der Waals surface area (Å²) in [5, 5.41) is 54.8. The third-order valence-corrected chi connectivity index (χ3v) is 6.42. The molecule has 16 heteroatoms. The molecule has 0 radical (unpaired) electrons. The number of hydrogen-bond acceptors (Lipinski definition) is 10. The van der Waals surface area contributed by atoms with E-state index in [9.17, 15) is 33.6 Å². The molecule has 4 aromatic rings. The van der Waals surface area contributed by atoms with E-state index < -0.39 is 60.1 Å². The van der Waals surface area contributed by atoms with Gasteiger partial charge in [0.15, 0.2) is 22.5 Å². The first-order chi connectivity index (χ1) is 20.0. The molecule has 0 aliphatic carbocycles. The Hall–Kier alpha value is -4.66. The predicted molar refractivity (Wildman–Crippen MR) is 138 cm³/mol. The number of benzene rings is 2. The minimum absolute atomic E-state index is 0.195. The Bertz CT molecular complexity index is 1710. The molecule has 2 aromatic carbocycles. The van der Waals surface area contributed by atoms with Crippen molar-refractivity contribution in [1.29, 1.82) is 5.41 Å². The van der Waals surface area contributed by atoms with E-state index in [0.717, 1.165) is 15.7 Å². The number of hydrogen-bond donors (Lipinski definition) is 5. The van der Waals surface area contributed by atoms with Crippen LogP contribution in [-0.2, 0) is 10.9 Å². The summed E-state index contributed by atoms with van der Waals surface area (Å²) < 4.78 is 54.3. The highest BCUT2D eigenvalue weighted by atomic mass is 19.4. The molecule has 1 aliphatic rings. The smallest absolute Gasteiger partial charge is 0.436 e. The van der Waals surface area contributed by atoms with E-state index in [2.05, 4.69) is 20.0 Å². The van der Waals surface area contributed by atoms with Gasteiger partial charge in [-0.1, -0.05) is 12.1 Å². The fraction of sp³-hybridized carbons (Fsp3) is 0.269. The molecule has 5 rings (SSSR count). The lowest BCUT2D eigenvalue weighted by Gasteiger charge is -2.39. The summed E-state index contributed by atoms with van der Waals surface area (Å²) in [6, 6.07) is 11.7. The quantitative estimate of drug-likeness (QED) is 0.166. The van der Waals surface area contributed by atoms with Gasteiger partial charge in [-0.05, 0) is 42.0 Å². The van der Waals surface area contributed by atoms with Crippen molar-refractivity contribution in [1.82, 2.24) is 19.4 Å². The topological polar surface area (TPSA) is 176 Å². The van der Waals surface area contributed by atoms with Gasteiger partial charge in [0.1, 0.15) is 36.5 Å². The monoisotopic (exact) mass is 585 g/mol. The summed E-state index contributed by atoms with van der Waals surface area (Å²) in [5.41, 5.74) is -1.18. The summed E-state index contributed by atoms with van der Waals surface area (Å²) in [6.07, 6.45) is -9.81. The first kappa shape index (κ1) is 28.9. The van der Waals surface area contributed by atoms with Gasteiger partial charge in [0.25, 0.3) is 0 Å². The molecular weight excluding hydrogens is 563 g/mol. The number of rotatable bonds is 6. The van der Waals surface area contributed by atoms with Crippen LogP contribution in [0.25, 0.3) is 21.6 Å². The number of aromatic nitrogens is 4. The van der Waals surface area contributed by atoms with Crippen molar-refractivity contribution >= 4 is 22.9 Å². The molecule has 218 valence electrons. The lowest BCUT2D eigenvalue weighted by Crippen LogP contribution is -2.60. The van der Waals surface area contributed by atoms with E-state index in [0.29, 0.717) is 11.3 Å². The fourth-order valence-electron chi connectivity index (χ4n) is 4.22. The van der Waals surface area contributed by atoms with Crippen LogP contribution in [0, 0.1) is 12.0 Å². The van der Waals surface area contributed by atoms with Crippen LogP contribution in [0.15, 0.2) is 60.0 Å². The van der Waals surface area contributed by atoms with Crippen LogP contribution < -0.4 is 10.2 Å². The van der Waals surface area contributed by atoms with E-state index in [1.165, 1.54) is 54.7 Å². The van der Waals surface area contributed by atoms with Crippen LogP contribution >= 0.6 is 0 Å². The Morgan fingerprint density at radius 2 is 1.76 bits per heavy atom. The van der Waals surface area contributed by atoms with Crippen LogP contribution in [-0.4, -0.2) is 83.4 Å². The van der Waals surface area contributed by atoms with Crippen molar-refractivity contribution in [2.75, 3.05) is 6.61 Å². The number of ether oxygens (including phenoxy) is 2. The van der Waals surface area contributed by atoms with Crippen LogP contribution in [0.3, 0.4) is 0 Å². The standard InChI is InChI=1S/C26H22F3N7O6/c1-31-14-4-6-15(7-5-14)36-24-18(22(34-36)26(27,28)29)23(30)35(12-32-24)33-10-13-2-8-16(9-3-13)41-25-21(40)20(39)19(38)17(11-37)42-25/h2-10,12,17,19-21,25,30,37-40H,11H2/b30-23?,33-10+. The molecule has 5 unspecified atom stereocenters. The molecule has 13 nitrogen and oxygen atoms in total. The van der Waals surface area contributed by atoms with Crippen LogP contribution in [0.2, 0.25) is 0 Å². The minimum atomic E-state index is -4.89. The molecule has 5 atom stereocenters. The number of aliphatic hydroxyl groups is 4. The first-order valence-electron chi connectivity index (χ1n) is 12.2. The molecule has 3 heterocycles.